The minimum Gasteiger partial charge on any atom is -0.388 e. The minimum atomic E-state index is -0.812. The summed E-state index contributed by atoms with van der Waals surface area (Å²) >= 11 is 3.15. The molecule has 1 heterocycles. The number of aliphatic hydroxyl groups excluding tert-OH is 1. The van der Waals surface area contributed by atoms with Crippen molar-refractivity contribution in [2.75, 3.05) is 0 Å². The molecule has 1 atom stereocenters. The summed E-state index contributed by atoms with van der Waals surface area (Å²) < 4.78 is 0.539. The molecule has 5 nitrogen and oxygen atoms in total. The fraction of sp³-hybridized carbons (Fsp3) is 0.154. The first-order valence-corrected chi connectivity index (χ1v) is 6.39. The summed E-state index contributed by atoms with van der Waals surface area (Å²) in [5, 5.41) is 21.0. The highest BCUT2D eigenvalue weighted by atomic mass is 79.9. The van der Waals surface area contributed by atoms with Crippen molar-refractivity contribution < 1.29 is 10.0 Å². The van der Waals surface area contributed by atoms with Crippen molar-refractivity contribution in [1.29, 1.82) is 0 Å². The van der Waals surface area contributed by atoms with Gasteiger partial charge in [-0.3, -0.25) is 15.1 Å². The molecule has 0 fully saturated rings. The van der Waals surface area contributed by atoms with E-state index in [-0.39, 0.29) is 17.8 Å². The van der Waals surface area contributed by atoms with Crippen molar-refractivity contribution in [3.63, 3.8) is 0 Å². The number of halogens is 1. The summed E-state index contributed by atoms with van der Waals surface area (Å²) in [4.78, 5) is 14.5. The van der Waals surface area contributed by atoms with Crippen LogP contribution in [-0.4, -0.2) is 15.0 Å². The first-order chi connectivity index (χ1) is 9.08. The second-order valence-electron chi connectivity index (χ2n) is 4.01. The quantitative estimate of drug-likeness (QED) is 0.693. The number of hydrogen-bond acceptors (Lipinski definition) is 4. The van der Waals surface area contributed by atoms with Crippen LogP contribution in [0.15, 0.2) is 47.1 Å². The van der Waals surface area contributed by atoms with E-state index in [1.807, 2.05) is 18.2 Å². The second kappa shape index (κ2) is 5.90. The number of rotatable bonds is 4. The summed E-state index contributed by atoms with van der Waals surface area (Å²) in [5.74, 6) is 0. The molecule has 6 heteroatoms. The van der Waals surface area contributed by atoms with Gasteiger partial charge in [0, 0.05) is 23.2 Å². The van der Waals surface area contributed by atoms with Gasteiger partial charge in [-0.2, -0.15) is 0 Å². The van der Waals surface area contributed by atoms with Gasteiger partial charge in [0.25, 0.3) is 5.69 Å². The molecular weight excluding hydrogens is 312 g/mol. The largest absolute Gasteiger partial charge is 0.388 e. The van der Waals surface area contributed by atoms with E-state index in [1.165, 1.54) is 12.3 Å². The molecule has 1 aromatic heterocycles. The first-order valence-electron chi connectivity index (χ1n) is 5.59. The minimum absolute atomic E-state index is 0.0932. The molecule has 0 aliphatic rings. The third kappa shape index (κ3) is 3.36. The molecule has 0 saturated carbocycles. The van der Waals surface area contributed by atoms with Crippen molar-refractivity contribution in [3.05, 3.63) is 68.4 Å². The van der Waals surface area contributed by atoms with Crippen LogP contribution in [0.25, 0.3) is 0 Å². The van der Waals surface area contributed by atoms with Crippen LogP contribution in [0.3, 0.4) is 0 Å². The van der Waals surface area contributed by atoms with Crippen LogP contribution in [0.2, 0.25) is 0 Å². The number of nitro groups is 1. The Labute approximate surface area is 118 Å². The Bertz CT molecular complexity index is 590. The zero-order valence-electron chi connectivity index (χ0n) is 9.86. The van der Waals surface area contributed by atoms with Crippen LogP contribution in [-0.2, 0) is 6.42 Å². The molecule has 0 saturated heterocycles. The molecule has 1 unspecified atom stereocenters. The summed E-state index contributed by atoms with van der Waals surface area (Å²) in [6.07, 6.45) is 0.779. The van der Waals surface area contributed by atoms with E-state index in [0.29, 0.717) is 10.0 Å². The highest BCUT2D eigenvalue weighted by molar-refractivity contribution is 9.10. The highest BCUT2D eigenvalue weighted by Gasteiger charge is 2.19. The summed E-state index contributed by atoms with van der Waals surface area (Å²) in [5.41, 5.74) is 0.885. The van der Waals surface area contributed by atoms with E-state index in [2.05, 4.69) is 20.9 Å². The van der Waals surface area contributed by atoms with Gasteiger partial charge >= 0.3 is 0 Å². The lowest BCUT2D eigenvalue weighted by Crippen LogP contribution is -2.06. The summed E-state index contributed by atoms with van der Waals surface area (Å²) in [7, 11) is 0. The molecule has 2 aromatic rings. The smallest absolute Gasteiger partial charge is 0.291 e. The molecule has 0 bridgehead atoms. The molecule has 0 aliphatic heterocycles. The average molecular weight is 323 g/mol. The van der Waals surface area contributed by atoms with Crippen molar-refractivity contribution in [2.45, 2.75) is 12.5 Å². The van der Waals surface area contributed by atoms with Crippen molar-refractivity contribution in [3.8, 4) is 0 Å². The van der Waals surface area contributed by atoms with Crippen LogP contribution in [0.1, 0.15) is 17.4 Å². The average Bonchev–Trinajstić information content (AvgIpc) is 2.41. The number of nitrogens with zero attached hydrogens (tertiary/aromatic N) is 2. The molecule has 98 valence electrons. The Morgan fingerprint density at radius 3 is 2.68 bits per heavy atom. The van der Waals surface area contributed by atoms with Crippen LogP contribution in [0.4, 0.5) is 5.69 Å². The molecule has 1 N–H and O–H groups in total. The molecule has 0 aliphatic carbocycles. The Kier molecular flexibility index (Phi) is 4.24. The van der Waals surface area contributed by atoms with Gasteiger partial charge in [-0.15, -0.1) is 0 Å². The highest BCUT2D eigenvalue weighted by Crippen LogP contribution is 2.25. The van der Waals surface area contributed by atoms with Gasteiger partial charge in [-0.25, -0.2) is 0 Å². The normalized spacial score (nSPS) is 12.1. The predicted octanol–water partition coefficient (Wildman–Crippen LogP) is 3.03. The Morgan fingerprint density at radius 1 is 1.37 bits per heavy atom. The SMILES string of the molecule is O=[N+]([O-])c1cc(Br)cnc1CC(O)c1ccccc1. The van der Waals surface area contributed by atoms with Crippen LogP contribution >= 0.6 is 15.9 Å². The topological polar surface area (TPSA) is 76.3 Å². The zero-order valence-corrected chi connectivity index (χ0v) is 11.4. The van der Waals surface area contributed by atoms with Crippen molar-refractivity contribution in [2.24, 2.45) is 0 Å². The van der Waals surface area contributed by atoms with Crippen molar-refractivity contribution >= 4 is 21.6 Å². The molecular formula is C13H11BrN2O3. The molecule has 2 rings (SSSR count). The van der Waals surface area contributed by atoms with E-state index >= 15 is 0 Å². The van der Waals surface area contributed by atoms with Gasteiger partial charge in [0.1, 0.15) is 5.69 Å². The van der Waals surface area contributed by atoms with E-state index in [4.69, 9.17) is 0 Å². The maximum absolute atomic E-state index is 11.0. The lowest BCUT2D eigenvalue weighted by molar-refractivity contribution is -0.386. The third-order valence-electron chi connectivity index (χ3n) is 2.68. The van der Waals surface area contributed by atoms with Gasteiger partial charge in [0.2, 0.25) is 0 Å². The summed E-state index contributed by atoms with van der Waals surface area (Å²) in [6.45, 7) is 0. The number of aliphatic hydroxyl groups is 1. The van der Waals surface area contributed by atoms with E-state index in [1.54, 1.807) is 12.1 Å². The van der Waals surface area contributed by atoms with Gasteiger partial charge in [-0.05, 0) is 21.5 Å². The standard InChI is InChI=1S/C13H11BrN2O3/c14-10-6-12(16(18)19)11(15-8-10)7-13(17)9-4-2-1-3-5-9/h1-6,8,13,17H,7H2. The number of hydrogen-bond donors (Lipinski definition) is 1. The number of benzene rings is 1. The van der Waals surface area contributed by atoms with E-state index in [0.717, 1.165) is 0 Å². The predicted molar refractivity (Wildman–Crippen MR) is 73.7 cm³/mol. The lowest BCUT2D eigenvalue weighted by Gasteiger charge is -2.10. The van der Waals surface area contributed by atoms with Gasteiger partial charge in [-0.1, -0.05) is 30.3 Å². The fourth-order valence-electron chi connectivity index (χ4n) is 1.75. The molecule has 1 aromatic carbocycles. The first kappa shape index (κ1) is 13.6. The summed E-state index contributed by atoms with van der Waals surface area (Å²) in [6, 6.07) is 10.4. The van der Waals surface area contributed by atoms with Gasteiger partial charge < -0.3 is 5.11 Å². The maximum atomic E-state index is 11.0. The molecule has 0 radical (unpaired) electrons. The lowest BCUT2D eigenvalue weighted by atomic mass is 10.0. The van der Waals surface area contributed by atoms with Gasteiger partial charge in [0.05, 0.1) is 11.0 Å². The molecule has 0 spiro atoms. The van der Waals surface area contributed by atoms with E-state index in [9.17, 15) is 15.2 Å². The third-order valence-corrected chi connectivity index (χ3v) is 3.12. The zero-order chi connectivity index (χ0) is 13.8. The van der Waals surface area contributed by atoms with Gasteiger partial charge in [0.15, 0.2) is 0 Å². The monoisotopic (exact) mass is 322 g/mol. The Balaban J connectivity index is 2.26. The fourth-order valence-corrected chi connectivity index (χ4v) is 2.07. The van der Waals surface area contributed by atoms with Crippen LogP contribution in [0, 0.1) is 10.1 Å². The number of pyridine rings is 1. The van der Waals surface area contributed by atoms with E-state index < -0.39 is 11.0 Å². The maximum Gasteiger partial charge on any atom is 0.291 e. The Morgan fingerprint density at radius 2 is 2.05 bits per heavy atom. The van der Waals surface area contributed by atoms with Crippen LogP contribution < -0.4 is 0 Å². The second-order valence-corrected chi connectivity index (χ2v) is 4.92. The number of aromatic nitrogens is 1. The molecule has 19 heavy (non-hydrogen) atoms. The van der Waals surface area contributed by atoms with Crippen LogP contribution in [0.5, 0.6) is 0 Å². The Hall–Kier alpha value is -1.79. The van der Waals surface area contributed by atoms with Crippen molar-refractivity contribution in [1.82, 2.24) is 4.98 Å². The molecule has 0 amide bonds.